The minimum absolute atomic E-state index is 0.0954. The molecule has 1 aromatic rings. The number of ketones is 1. The number of aliphatic hydroxyl groups is 1. The minimum Gasteiger partial charge on any atom is -0.503 e. The Balaban J connectivity index is 2.20. The third-order valence-corrected chi connectivity index (χ3v) is 6.03. The van der Waals surface area contributed by atoms with Gasteiger partial charge in [0.05, 0.1) is 11.6 Å². The number of carbonyl (C=O) groups excluding carboxylic acids is 2. The van der Waals surface area contributed by atoms with Crippen molar-refractivity contribution in [3.8, 4) is 0 Å². The molecule has 0 saturated heterocycles. The first-order chi connectivity index (χ1) is 14.3. The molecule has 30 heavy (non-hydrogen) atoms. The summed E-state index contributed by atoms with van der Waals surface area (Å²) in [6, 6.07) is 4.28. The zero-order valence-corrected chi connectivity index (χ0v) is 19.6. The second-order valence-corrected chi connectivity index (χ2v) is 8.63. The first kappa shape index (κ1) is 24.7. The summed E-state index contributed by atoms with van der Waals surface area (Å²) < 4.78 is 0. The maximum Gasteiger partial charge on any atom is 0.290 e. The van der Waals surface area contributed by atoms with E-state index in [2.05, 4.69) is 18.7 Å². The van der Waals surface area contributed by atoms with Crippen LogP contribution in [0.25, 0.3) is 0 Å². The average Bonchev–Trinajstić information content (AvgIpc) is 2.94. The smallest absolute Gasteiger partial charge is 0.290 e. The normalized spacial score (nSPS) is 16.8. The molecule has 1 aliphatic rings. The summed E-state index contributed by atoms with van der Waals surface area (Å²) in [7, 11) is 0. The Morgan fingerprint density at radius 1 is 1.10 bits per heavy atom. The summed E-state index contributed by atoms with van der Waals surface area (Å²) in [6.07, 6.45) is 5.33. The van der Waals surface area contributed by atoms with Crippen LogP contribution in [-0.2, 0) is 9.59 Å². The fourth-order valence-corrected chi connectivity index (χ4v) is 4.37. The molecule has 2 rings (SSSR count). The molecule has 1 amide bonds. The van der Waals surface area contributed by atoms with E-state index in [0.717, 1.165) is 51.7 Å². The minimum atomic E-state index is -0.695. The summed E-state index contributed by atoms with van der Waals surface area (Å²) >= 11 is 12.4. The lowest BCUT2D eigenvalue weighted by Crippen LogP contribution is -2.35. The molecule has 166 valence electrons. The Kier molecular flexibility index (Phi) is 9.66. The largest absolute Gasteiger partial charge is 0.503 e. The van der Waals surface area contributed by atoms with Crippen molar-refractivity contribution in [3.05, 3.63) is 45.1 Å². The van der Waals surface area contributed by atoms with Gasteiger partial charge < -0.3 is 14.9 Å². The zero-order valence-electron chi connectivity index (χ0n) is 18.1. The first-order valence-electron chi connectivity index (χ1n) is 10.7. The summed E-state index contributed by atoms with van der Waals surface area (Å²) in [4.78, 5) is 29.0. The lowest BCUT2D eigenvalue weighted by atomic mass is 9.96. The Morgan fingerprint density at radius 2 is 1.70 bits per heavy atom. The monoisotopic (exact) mass is 454 g/mol. The second kappa shape index (κ2) is 11.7. The van der Waals surface area contributed by atoms with E-state index in [9.17, 15) is 14.7 Å². The molecular formula is C23H32Cl2N2O3. The molecule has 0 aliphatic carbocycles. The molecule has 1 heterocycles. The molecule has 1 aromatic carbocycles. The lowest BCUT2D eigenvalue weighted by Gasteiger charge is -2.29. The SMILES string of the molecule is CCCCN(CCCC)CCCN1C(=O)C(O)=C(C(C)=O)[C@H]1c1ccc(Cl)cc1Cl. The van der Waals surface area contributed by atoms with Crippen LogP contribution in [0.2, 0.25) is 10.0 Å². The van der Waals surface area contributed by atoms with Gasteiger partial charge >= 0.3 is 0 Å². The average molecular weight is 455 g/mol. The van der Waals surface area contributed by atoms with Crippen molar-refractivity contribution in [1.29, 1.82) is 0 Å². The highest BCUT2D eigenvalue weighted by Gasteiger charge is 2.42. The lowest BCUT2D eigenvalue weighted by molar-refractivity contribution is -0.129. The summed E-state index contributed by atoms with van der Waals surface area (Å²) in [5, 5.41) is 11.2. The van der Waals surface area contributed by atoms with Crippen LogP contribution in [-0.4, -0.2) is 52.8 Å². The Labute approximate surface area is 189 Å². The molecule has 1 atom stereocenters. The summed E-state index contributed by atoms with van der Waals surface area (Å²) in [5.41, 5.74) is 0.690. The zero-order chi connectivity index (χ0) is 22.3. The van der Waals surface area contributed by atoms with E-state index in [1.54, 1.807) is 23.1 Å². The van der Waals surface area contributed by atoms with Crippen LogP contribution in [0.3, 0.4) is 0 Å². The number of Topliss-reactive ketones (excluding diaryl/α,β-unsaturated/α-hetero) is 1. The van der Waals surface area contributed by atoms with Crippen LogP contribution in [0.15, 0.2) is 29.5 Å². The van der Waals surface area contributed by atoms with Gasteiger partial charge in [-0.25, -0.2) is 0 Å². The molecule has 0 unspecified atom stereocenters. The Bertz CT molecular complexity index is 787. The molecule has 7 heteroatoms. The van der Waals surface area contributed by atoms with Crippen molar-refractivity contribution >= 4 is 34.9 Å². The number of hydrogen-bond donors (Lipinski definition) is 1. The third kappa shape index (κ3) is 5.99. The maximum absolute atomic E-state index is 12.8. The molecule has 5 nitrogen and oxygen atoms in total. The summed E-state index contributed by atoms with van der Waals surface area (Å²) in [6.45, 7) is 9.09. The number of rotatable bonds is 12. The molecule has 0 radical (unpaired) electrons. The van der Waals surface area contributed by atoms with Crippen LogP contribution in [0, 0.1) is 0 Å². The fraction of sp³-hybridized carbons (Fsp3) is 0.565. The number of benzene rings is 1. The number of nitrogens with zero attached hydrogens (tertiary/aromatic N) is 2. The Morgan fingerprint density at radius 3 is 2.23 bits per heavy atom. The van der Waals surface area contributed by atoms with Crippen LogP contribution in [0.1, 0.15) is 64.5 Å². The molecule has 0 saturated carbocycles. The van der Waals surface area contributed by atoms with Crippen LogP contribution in [0.5, 0.6) is 0 Å². The van der Waals surface area contributed by atoms with Crippen molar-refractivity contribution in [2.75, 3.05) is 26.2 Å². The van der Waals surface area contributed by atoms with Gasteiger partial charge in [0.2, 0.25) is 0 Å². The highest BCUT2D eigenvalue weighted by atomic mass is 35.5. The maximum atomic E-state index is 12.8. The molecule has 0 spiro atoms. The molecular weight excluding hydrogens is 423 g/mol. The van der Waals surface area contributed by atoms with Crippen molar-refractivity contribution in [3.63, 3.8) is 0 Å². The first-order valence-corrected chi connectivity index (χ1v) is 11.5. The second-order valence-electron chi connectivity index (χ2n) is 7.79. The molecule has 0 aromatic heterocycles. The van der Waals surface area contributed by atoms with Crippen molar-refractivity contribution in [2.24, 2.45) is 0 Å². The predicted octanol–water partition coefficient (Wildman–Crippen LogP) is 5.57. The van der Waals surface area contributed by atoms with Crippen molar-refractivity contribution in [2.45, 2.75) is 58.9 Å². The standard InChI is InChI=1S/C23H32Cl2N2O3/c1-4-6-11-26(12-7-5-2)13-8-14-27-21(18-10-9-17(24)15-19(18)25)20(16(3)28)22(29)23(27)30/h9-10,15,21,29H,4-8,11-14H2,1-3H3/t21-/m1/s1. The van der Waals surface area contributed by atoms with Gasteiger partial charge in [-0.05, 0) is 63.5 Å². The van der Waals surface area contributed by atoms with E-state index in [1.165, 1.54) is 6.92 Å². The number of aliphatic hydroxyl groups excluding tert-OH is 1. The molecule has 1 N–H and O–H groups in total. The van der Waals surface area contributed by atoms with Gasteiger partial charge in [0.15, 0.2) is 11.5 Å². The van der Waals surface area contributed by atoms with E-state index in [4.69, 9.17) is 23.2 Å². The van der Waals surface area contributed by atoms with Crippen LogP contribution >= 0.6 is 23.2 Å². The van der Waals surface area contributed by atoms with Gasteiger partial charge in [-0.2, -0.15) is 0 Å². The Hall–Kier alpha value is -1.56. The third-order valence-electron chi connectivity index (χ3n) is 5.47. The highest BCUT2D eigenvalue weighted by molar-refractivity contribution is 6.35. The number of halogens is 2. The highest BCUT2D eigenvalue weighted by Crippen LogP contribution is 2.41. The van der Waals surface area contributed by atoms with E-state index >= 15 is 0 Å². The number of carbonyl (C=O) groups is 2. The van der Waals surface area contributed by atoms with Crippen molar-refractivity contribution in [1.82, 2.24) is 9.80 Å². The number of unbranched alkanes of at least 4 members (excludes halogenated alkanes) is 2. The van der Waals surface area contributed by atoms with Crippen LogP contribution in [0.4, 0.5) is 0 Å². The fourth-order valence-electron chi connectivity index (χ4n) is 3.85. The predicted molar refractivity (Wildman–Crippen MR) is 122 cm³/mol. The van der Waals surface area contributed by atoms with Gasteiger partial charge in [0, 0.05) is 16.6 Å². The van der Waals surface area contributed by atoms with Gasteiger partial charge in [-0.15, -0.1) is 0 Å². The number of hydrogen-bond acceptors (Lipinski definition) is 4. The molecule has 1 aliphatic heterocycles. The van der Waals surface area contributed by atoms with Crippen LogP contribution < -0.4 is 0 Å². The van der Waals surface area contributed by atoms with Gasteiger partial charge in [0.25, 0.3) is 5.91 Å². The van der Waals surface area contributed by atoms with E-state index < -0.39 is 17.7 Å². The van der Waals surface area contributed by atoms with Gasteiger partial charge in [-0.1, -0.05) is 56.0 Å². The summed E-state index contributed by atoms with van der Waals surface area (Å²) in [5.74, 6) is -1.34. The van der Waals surface area contributed by atoms with E-state index in [-0.39, 0.29) is 11.4 Å². The van der Waals surface area contributed by atoms with Gasteiger partial charge in [0.1, 0.15) is 0 Å². The quantitative estimate of drug-likeness (QED) is 0.448. The topological polar surface area (TPSA) is 60.9 Å². The molecule has 0 bridgehead atoms. The van der Waals surface area contributed by atoms with Crippen molar-refractivity contribution < 1.29 is 14.7 Å². The van der Waals surface area contributed by atoms with Gasteiger partial charge in [-0.3, -0.25) is 9.59 Å². The number of amides is 1. The van der Waals surface area contributed by atoms with E-state index in [1.807, 2.05) is 0 Å². The molecule has 0 fully saturated rings. The van der Waals surface area contributed by atoms with E-state index in [0.29, 0.717) is 22.2 Å².